The summed E-state index contributed by atoms with van der Waals surface area (Å²) in [6.07, 6.45) is 0.921. The number of sulfonamides is 1. The third-order valence-electron chi connectivity index (χ3n) is 4.01. The van der Waals surface area contributed by atoms with Crippen molar-refractivity contribution in [2.75, 3.05) is 18.9 Å². The lowest BCUT2D eigenvalue weighted by atomic mass is 9.97. The van der Waals surface area contributed by atoms with E-state index in [1.807, 2.05) is 18.2 Å². The minimum Gasteiger partial charge on any atom is -0.497 e. The Morgan fingerprint density at radius 2 is 1.79 bits per heavy atom. The van der Waals surface area contributed by atoms with Gasteiger partial charge in [-0.3, -0.25) is 4.72 Å². The summed E-state index contributed by atoms with van der Waals surface area (Å²) in [4.78, 5) is 0.0738. The second kappa shape index (κ2) is 7.57. The molecule has 6 heteroatoms. The van der Waals surface area contributed by atoms with E-state index in [4.69, 9.17) is 9.47 Å². The van der Waals surface area contributed by atoms with Crippen molar-refractivity contribution in [2.45, 2.75) is 31.1 Å². The molecule has 1 atom stereocenters. The Hall–Kier alpha value is -2.21. The summed E-state index contributed by atoms with van der Waals surface area (Å²) >= 11 is 0. The van der Waals surface area contributed by atoms with E-state index >= 15 is 0 Å². The third kappa shape index (κ3) is 3.82. The van der Waals surface area contributed by atoms with Gasteiger partial charge in [0.2, 0.25) is 0 Å². The van der Waals surface area contributed by atoms with Crippen LogP contribution in [0.5, 0.6) is 11.5 Å². The minimum atomic E-state index is -3.78. The van der Waals surface area contributed by atoms with Gasteiger partial charge in [0.05, 0.1) is 19.9 Å². The van der Waals surface area contributed by atoms with Gasteiger partial charge in [0.15, 0.2) is 0 Å². The van der Waals surface area contributed by atoms with Crippen LogP contribution < -0.4 is 14.2 Å². The molecule has 2 aromatic rings. The van der Waals surface area contributed by atoms with Crippen molar-refractivity contribution >= 4 is 15.7 Å². The first-order chi connectivity index (χ1) is 11.4. The molecule has 0 aliphatic rings. The Bertz CT molecular complexity index is 802. The molecule has 0 aliphatic heterocycles. The van der Waals surface area contributed by atoms with Crippen LogP contribution in [0.1, 0.15) is 31.7 Å². The lowest BCUT2D eigenvalue weighted by Crippen LogP contribution is -2.15. The van der Waals surface area contributed by atoms with Crippen LogP contribution in [0.4, 0.5) is 5.69 Å². The van der Waals surface area contributed by atoms with Crippen LogP contribution in [0, 0.1) is 0 Å². The molecule has 1 N–H and O–H groups in total. The Labute approximate surface area is 143 Å². The van der Waals surface area contributed by atoms with Crippen molar-refractivity contribution in [3.8, 4) is 11.5 Å². The number of ether oxygens (including phenoxy) is 2. The molecule has 24 heavy (non-hydrogen) atoms. The van der Waals surface area contributed by atoms with Gasteiger partial charge in [0, 0.05) is 6.07 Å². The summed E-state index contributed by atoms with van der Waals surface area (Å²) < 4.78 is 38.6. The first kappa shape index (κ1) is 18.1. The zero-order valence-corrected chi connectivity index (χ0v) is 15.2. The van der Waals surface area contributed by atoms with E-state index in [0.29, 0.717) is 11.4 Å². The maximum atomic E-state index is 12.8. The Morgan fingerprint density at radius 3 is 2.42 bits per heavy atom. The molecule has 0 bridgehead atoms. The van der Waals surface area contributed by atoms with Crippen LogP contribution in [0.3, 0.4) is 0 Å². The molecular formula is C18H23NO4S. The van der Waals surface area contributed by atoms with E-state index in [1.165, 1.54) is 20.3 Å². The average molecular weight is 349 g/mol. The summed E-state index contributed by atoms with van der Waals surface area (Å²) in [5.74, 6) is 1.02. The number of benzene rings is 2. The van der Waals surface area contributed by atoms with Crippen molar-refractivity contribution in [2.24, 2.45) is 0 Å². The molecule has 2 rings (SSSR count). The average Bonchev–Trinajstić information content (AvgIpc) is 2.60. The summed E-state index contributed by atoms with van der Waals surface area (Å²) in [6, 6.07) is 12.1. The first-order valence-corrected chi connectivity index (χ1v) is 9.25. The highest BCUT2D eigenvalue weighted by molar-refractivity contribution is 7.92. The second-order valence-corrected chi connectivity index (χ2v) is 7.17. The molecule has 0 radical (unpaired) electrons. The van der Waals surface area contributed by atoms with Crippen molar-refractivity contribution in [1.29, 1.82) is 0 Å². The molecule has 1 unspecified atom stereocenters. The lowest BCUT2D eigenvalue weighted by molar-refractivity contribution is 0.386. The maximum Gasteiger partial charge on any atom is 0.265 e. The van der Waals surface area contributed by atoms with Crippen molar-refractivity contribution < 1.29 is 17.9 Å². The molecule has 0 spiro atoms. The van der Waals surface area contributed by atoms with E-state index < -0.39 is 10.0 Å². The zero-order chi connectivity index (χ0) is 17.7. The molecule has 0 heterocycles. The molecule has 0 amide bonds. The van der Waals surface area contributed by atoms with Gasteiger partial charge in [0.1, 0.15) is 16.4 Å². The van der Waals surface area contributed by atoms with Gasteiger partial charge in [0.25, 0.3) is 10.0 Å². The predicted molar refractivity (Wildman–Crippen MR) is 95.5 cm³/mol. The van der Waals surface area contributed by atoms with Crippen LogP contribution in [0.25, 0.3) is 0 Å². The molecule has 0 saturated heterocycles. The normalized spacial score (nSPS) is 12.5. The summed E-state index contributed by atoms with van der Waals surface area (Å²) in [5, 5.41) is 0. The molecule has 2 aromatic carbocycles. The highest BCUT2D eigenvalue weighted by atomic mass is 32.2. The fourth-order valence-electron chi connectivity index (χ4n) is 2.44. The Kier molecular flexibility index (Phi) is 5.72. The molecule has 0 fully saturated rings. The van der Waals surface area contributed by atoms with Crippen LogP contribution in [0.15, 0.2) is 47.4 Å². The van der Waals surface area contributed by atoms with Gasteiger partial charge in [-0.25, -0.2) is 8.42 Å². The number of methoxy groups -OCH3 is 2. The van der Waals surface area contributed by atoms with Gasteiger partial charge < -0.3 is 9.47 Å². The highest BCUT2D eigenvalue weighted by Crippen LogP contribution is 2.32. The van der Waals surface area contributed by atoms with E-state index in [-0.39, 0.29) is 16.6 Å². The van der Waals surface area contributed by atoms with Gasteiger partial charge >= 0.3 is 0 Å². The van der Waals surface area contributed by atoms with E-state index in [1.54, 1.807) is 18.2 Å². The van der Waals surface area contributed by atoms with Crippen LogP contribution >= 0.6 is 0 Å². The van der Waals surface area contributed by atoms with Gasteiger partial charge in [-0.15, -0.1) is 0 Å². The third-order valence-corrected chi connectivity index (χ3v) is 5.41. The van der Waals surface area contributed by atoms with Crippen LogP contribution in [0.2, 0.25) is 0 Å². The summed E-state index contributed by atoms with van der Waals surface area (Å²) in [7, 11) is -0.827. The number of anilines is 1. The molecular weight excluding hydrogens is 326 g/mol. The topological polar surface area (TPSA) is 64.6 Å². The van der Waals surface area contributed by atoms with Gasteiger partial charge in [-0.05, 0) is 36.1 Å². The number of hydrogen-bond acceptors (Lipinski definition) is 4. The lowest BCUT2D eigenvalue weighted by Gasteiger charge is -2.17. The fraction of sp³-hybridized carbons (Fsp3) is 0.333. The highest BCUT2D eigenvalue weighted by Gasteiger charge is 2.22. The molecule has 0 saturated carbocycles. The predicted octanol–water partition coefficient (Wildman–Crippen LogP) is 4.02. The van der Waals surface area contributed by atoms with Crippen LogP contribution in [-0.4, -0.2) is 22.6 Å². The summed E-state index contributed by atoms with van der Waals surface area (Å²) in [5.41, 5.74) is 1.56. The van der Waals surface area contributed by atoms with Gasteiger partial charge in [-0.2, -0.15) is 0 Å². The van der Waals surface area contributed by atoms with Crippen molar-refractivity contribution in [1.82, 2.24) is 0 Å². The van der Waals surface area contributed by atoms with E-state index in [9.17, 15) is 8.42 Å². The van der Waals surface area contributed by atoms with Crippen molar-refractivity contribution in [3.63, 3.8) is 0 Å². The SMILES string of the molecule is CCC(C)c1ccccc1NS(=O)(=O)c1ccc(OC)cc1OC. The van der Waals surface area contributed by atoms with Gasteiger partial charge in [-0.1, -0.05) is 32.0 Å². The Morgan fingerprint density at radius 1 is 1.08 bits per heavy atom. The second-order valence-electron chi connectivity index (χ2n) is 5.52. The number of nitrogens with one attached hydrogen (secondary N) is 1. The molecule has 0 aliphatic carbocycles. The largest absolute Gasteiger partial charge is 0.497 e. The molecule has 5 nitrogen and oxygen atoms in total. The monoisotopic (exact) mass is 349 g/mol. The number of hydrogen-bond donors (Lipinski definition) is 1. The van der Waals surface area contributed by atoms with Crippen molar-refractivity contribution in [3.05, 3.63) is 48.0 Å². The molecule has 0 aromatic heterocycles. The van der Waals surface area contributed by atoms with E-state index in [2.05, 4.69) is 18.6 Å². The quantitative estimate of drug-likeness (QED) is 0.820. The van der Waals surface area contributed by atoms with E-state index in [0.717, 1.165) is 12.0 Å². The Balaban J connectivity index is 2.43. The zero-order valence-electron chi connectivity index (χ0n) is 14.4. The first-order valence-electron chi connectivity index (χ1n) is 7.76. The maximum absolute atomic E-state index is 12.8. The number of para-hydroxylation sites is 1. The smallest absolute Gasteiger partial charge is 0.265 e. The minimum absolute atomic E-state index is 0.0738. The standard InChI is InChI=1S/C18H23NO4S/c1-5-13(2)15-8-6-7-9-16(15)19-24(20,21)18-11-10-14(22-3)12-17(18)23-4/h6-13,19H,5H2,1-4H3. The number of rotatable bonds is 7. The fourth-order valence-corrected chi connectivity index (χ4v) is 3.68. The van der Waals surface area contributed by atoms with Crippen LogP contribution in [-0.2, 0) is 10.0 Å². The molecule has 130 valence electrons. The summed E-state index contributed by atoms with van der Waals surface area (Å²) in [6.45, 7) is 4.14.